The van der Waals surface area contributed by atoms with E-state index in [-0.39, 0.29) is 41.5 Å². The third-order valence-electron chi connectivity index (χ3n) is 12.6. The molecule has 2 saturated carbocycles. The molecule has 0 amide bonds. The summed E-state index contributed by atoms with van der Waals surface area (Å²) >= 11 is 0. The van der Waals surface area contributed by atoms with Crippen LogP contribution in [0.15, 0.2) is 11.6 Å². The van der Waals surface area contributed by atoms with Gasteiger partial charge in [-0.1, -0.05) is 32.4 Å². The van der Waals surface area contributed by atoms with Gasteiger partial charge >= 0.3 is 17.9 Å². The highest BCUT2D eigenvalue weighted by atomic mass is 16.6. The molecule has 11 atom stereocenters. The highest BCUT2D eigenvalue weighted by molar-refractivity contribution is 5.73. The smallest absolute Gasteiger partial charge is 0.310 e. The van der Waals surface area contributed by atoms with Crippen LogP contribution in [0.4, 0.5) is 0 Å². The molecule has 9 nitrogen and oxygen atoms in total. The number of rotatable bonds is 3. The number of fused-ring (bicyclic) bond motifs is 5. The number of esters is 3. The Morgan fingerprint density at radius 3 is 2.16 bits per heavy atom. The lowest BCUT2D eigenvalue weighted by Crippen LogP contribution is -2.67. The number of carbonyl (C=O) groups is 3. The van der Waals surface area contributed by atoms with Crippen molar-refractivity contribution in [1.29, 1.82) is 0 Å². The summed E-state index contributed by atoms with van der Waals surface area (Å²) in [5, 5.41) is 21.7. The predicted molar refractivity (Wildman–Crippen MR) is 157 cm³/mol. The first kappa shape index (κ1) is 32.4. The zero-order valence-corrected chi connectivity index (χ0v) is 27.4. The fourth-order valence-corrected chi connectivity index (χ4v) is 10.7. The van der Waals surface area contributed by atoms with Crippen LogP contribution in [0.2, 0.25) is 0 Å². The number of hydrogen-bond acceptors (Lipinski definition) is 9. The largest absolute Gasteiger partial charge is 0.462 e. The molecule has 2 saturated heterocycles. The molecule has 9 heteroatoms. The highest BCUT2D eigenvalue weighted by Gasteiger charge is 2.71. The van der Waals surface area contributed by atoms with Gasteiger partial charge in [0.15, 0.2) is 0 Å². The molecule has 2 heterocycles. The van der Waals surface area contributed by atoms with Crippen molar-refractivity contribution < 1.29 is 43.5 Å². The summed E-state index contributed by atoms with van der Waals surface area (Å²) in [5.74, 6) is -1.28. The summed E-state index contributed by atoms with van der Waals surface area (Å²) in [6, 6.07) is 0. The van der Waals surface area contributed by atoms with Gasteiger partial charge in [-0.3, -0.25) is 14.4 Å². The minimum absolute atomic E-state index is 0.0187. The van der Waals surface area contributed by atoms with E-state index >= 15 is 0 Å². The Balaban J connectivity index is 1.60. The molecule has 11 unspecified atom stereocenters. The van der Waals surface area contributed by atoms with Gasteiger partial charge in [-0.15, -0.1) is 0 Å². The molecule has 0 radical (unpaired) electrons. The van der Waals surface area contributed by atoms with E-state index in [0.29, 0.717) is 19.4 Å². The van der Waals surface area contributed by atoms with Gasteiger partial charge in [-0.25, -0.2) is 0 Å². The number of aliphatic hydroxyl groups excluding tert-OH is 2. The van der Waals surface area contributed by atoms with Crippen molar-refractivity contribution in [2.24, 2.45) is 39.9 Å². The van der Waals surface area contributed by atoms with Gasteiger partial charge in [-0.2, -0.15) is 0 Å². The van der Waals surface area contributed by atoms with Crippen LogP contribution in [0, 0.1) is 39.9 Å². The first-order valence-corrected chi connectivity index (χ1v) is 16.1. The molecule has 4 fully saturated rings. The van der Waals surface area contributed by atoms with Gasteiger partial charge in [-0.05, 0) is 83.0 Å². The summed E-state index contributed by atoms with van der Waals surface area (Å²) in [5.41, 5.74) is -1.97. The van der Waals surface area contributed by atoms with Crippen LogP contribution < -0.4 is 0 Å². The fourth-order valence-electron chi connectivity index (χ4n) is 10.7. The molecule has 0 aromatic carbocycles. The zero-order valence-electron chi connectivity index (χ0n) is 27.4. The Morgan fingerprint density at radius 1 is 0.907 bits per heavy atom. The Kier molecular flexibility index (Phi) is 7.95. The van der Waals surface area contributed by atoms with Crippen molar-refractivity contribution in [2.45, 2.75) is 136 Å². The topological polar surface area (TPSA) is 129 Å². The van der Waals surface area contributed by atoms with E-state index < -0.39 is 58.4 Å². The molecule has 5 rings (SSSR count). The fraction of sp³-hybridized carbons (Fsp3) is 0.853. The predicted octanol–water partition coefficient (Wildman–Crippen LogP) is 4.51. The summed E-state index contributed by atoms with van der Waals surface area (Å²) in [6.07, 6.45) is 2.61. The zero-order chi connectivity index (χ0) is 31.9. The second-order valence-electron chi connectivity index (χ2n) is 15.8. The van der Waals surface area contributed by atoms with E-state index in [2.05, 4.69) is 26.8 Å². The maximum atomic E-state index is 13.1. The highest BCUT2D eigenvalue weighted by Crippen LogP contribution is 2.72. The van der Waals surface area contributed by atoms with Gasteiger partial charge in [0.1, 0.15) is 23.9 Å². The molecule has 242 valence electrons. The molecule has 0 spiro atoms. The first-order chi connectivity index (χ1) is 19.8. The molecule has 2 N–H and O–H groups in total. The molecular formula is C34H52O9. The Morgan fingerprint density at radius 2 is 1.53 bits per heavy atom. The first-order valence-electron chi connectivity index (χ1n) is 16.1. The van der Waals surface area contributed by atoms with Gasteiger partial charge in [0.05, 0.1) is 24.7 Å². The van der Waals surface area contributed by atoms with E-state index in [9.17, 15) is 24.6 Å². The third kappa shape index (κ3) is 4.96. The number of cyclic esters (lactones) is 1. The number of aliphatic hydroxyl groups is 2. The molecule has 0 bridgehead atoms. The van der Waals surface area contributed by atoms with Crippen LogP contribution in [0.1, 0.15) is 101 Å². The van der Waals surface area contributed by atoms with Crippen molar-refractivity contribution >= 4 is 17.9 Å². The quantitative estimate of drug-likeness (QED) is 0.272. The maximum absolute atomic E-state index is 13.1. The minimum atomic E-state index is -0.974. The lowest BCUT2D eigenvalue weighted by molar-refractivity contribution is -0.227. The minimum Gasteiger partial charge on any atom is -0.462 e. The Bertz CT molecular complexity index is 1190. The van der Waals surface area contributed by atoms with Crippen molar-refractivity contribution in [2.75, 3.05) is 6.61 Å². The van der Waals surface area contributed by atoms with Crippen molar-refractivity contribution in [3.05, 3.63) is 11.6 Å². The molecule has 2 aliphatic heterocycles. The summed E-state index contributed by atoms with van der Waals surface area (Å²) in [7, 11) is 0. The van der Waals surface area contributed by atoms with E-state index in [0.717, 1.165) is 19.3 Å². The summed E-state index contributed by atoms with van der Waals surface area (Å²) in [6.45, 7) is 17.4. The molecule has 43 heavy (non-hydrogen) atoms. The van der Waals surface area contributed by atoms with Crippen LogP contribution in [0.5, 0.6) is 0 Å². The third-order valence-corrected chi connectivity index (χ3v) is 12.6. The average Bonchev–Trinajstić information content (AvgIpc) is 3.16. The Hall–Kier alpha value is -1.97. The van der Waals surface area contributed by atoms with Gasteiger partial charge in [0, 0.05) is 30.6 Å². The van der Waals surface area contributed by atoms with Crippen LogP contribution in [-0.4, -0.2) is 70.3 Å². The number of allylic oxidation sites excluding steroid dienone is 1. The number of ether oxygens (including phenoxy) is 4. The van der Waals surface area contributed by atoms with Gasteiger partial charge < -0.3 is 29.2 Å². The van der Waals surface area contributed by atoms with Crippen LogP contribution in [0.25, 0.3) is 0 Å². The molecule has 3 aliphatic carbocycles. The molecule has 0 aromatic heterocycles. The maximum Gasteiger partial charge on any atom is 0.310 e. The monoisotopic (exact) mass is 604 g/mol. The SMILES string of the molecule is CC(=O)OC1CC2C(C)(C)OC(=O)CC(OC(C)=O)C2(C)C2CCC3(C)C(=CCC3C3COC(C)(C)C(O)C(O)C3)C12C. The molecule has 5 aliphatic rings. The van der Waals surface area contributed by atoms with Crippen molar-refractivity contribution in [1.82, 2.24) is 0 Å². The standard InChI is InChI=1S/C34H52O9/c1-18(35)41-26-15-25-30(3,4)43-28(38)16-27(42-19(2)36)34(25,9)24-12-13-32(7)21(10-11-23(32)33(24,26)8)20-14-22(37)29(39)31(5,6)40-17-20/h11,20-22,24-27,29,37,39H,10,12-17H2,1-9H3. The number of carbonyl (C=O) groups excluding carboxylic acids is 3. The van der Waals surface area contributed by atoms with Crippen LogP contribution in [-0.2, 0) is 33.3 Å². The summed E-state index contributed by atoms with van der Waals surface area (Å²) < 4.78 is 24.4. The Labute approximate surface area is 256 Å². The van der Waals surface area contributed by atoms with E-state index in [1.54, 1.807) is 0 Å². The second-order valence-corrected chi connectivity index (χ2v) is 15.8. The second kappa shape index (κ2) is 10.5. The van der Waals surface area contributed by atoms with Crippen LogP contribution >= 0.6 is 0 Å². The average molecular weight is 605 g/mol. The van der Waals surface area contributed by atoms with Crippen molar-refractivity contribution in [3.8, 4) is 0 Å². The van der Waals surface area contributed by atoms with Gasteiger partial charge in [0.2, 0.25) is 0 Å². The van der Waals surface area contributed by atoms with E-state index in [1.165, 1.54) is 19.4 Å². The normalized spacial score (nSPS) is 47.0. The van der Waals surface area contributed by atoms with E-state index in [4.69, 9.17) is 18.9 Å². The van der Waals surface area contributed by atoms with Crippen LogP contribution in [0.3, 0.4) is 0 Å². The van der Waals surface area contributed by atoms with Gasteiger partial charge in [0.25, 0.3) is 0 Å². The molecule has 0 aromatic rings. The number of hydrogen-bond donors (Lipinski definition) is 2. The summed E-state index contributed by atoms with van der Waals surface area (Å²) in [4.78, 5) is 38.2. The van der Waals surface area contributed by atoms with Crippen molar-refractivity contribution in [3.63, 3.8) is 0 Å². The van der Waals surface area contributed by atoms with E-state index in [1.807, 2.05) is 27.7 Å². The lowest BCUT2D eigenvalue weighted by atomic mass is 9.39. The lowest BCUT2D eigenvalue weighted by Gasteiger charge is -2.66. The molecular weight excluding hydrogens is 552 g/mol.